The van der Waals surface area contributed by atoms with Crippen molar-refractivity contribution in [3.8, 4) is 0 Å². The molecule has 4 unspecified atom stereocenters. The third-order valence-electron chi connectivity index (χ3n) is 5.22. The van der Waals surface area contributed by atoms with Crippen LogP contribution in [-0.2, 0) is 4.74 Å². The van der Waals surface area contributed by atoms with Crippen molar-refractivity contribution >= 4 is 0 Å². The Morgan fingerprint density at radius 3 is 2.80 bits per heavy atom. The molecule has 0 aromatic carbocycles. The zero-order valence-corrected chi connectivity index (χ0v) is 10.2. The van der Waals surface area contributed by atoms with Gasteiger partial charge in [-0.15, -0.1) is 0 Å². The second-order valence-electron chi connectivity index (χ2n) is 6.60. The van der Waals surface area contributed by atoms with Gasteiger partial charge in [-0.2, -0.15) is 0 Å². The van der Waals surface area contributed by atoms with E-state index in [4.69, 9.17) is 4.74 Å². The molecular weight excluding hydrogens is 184 g/mol. The number of hydrogen-bond donors (Lipinski definition) is 0. The van der Waals surface area contributed by atoms with Crippen LogP contribution >= 0.6 is 0 Å². The summed E-state index contributed by atoms with van der Waals surface area (Å²) < 4.78 is 5.95. The van der Waals surface area contributed by atoms with Crippen LogP contribution in [-0.4, -0.2) is 12.7 Å². The zero-order chi connectivity index (χ0) is 10.5. The predicted octanol–water partition coefficient (Wildman–Crippen LogP) is 3.63. The van der Waals surface area contributed by atoms with Gasteiger partial charge in [0.05, 0.1) is 12.7 Å². The lowest BCUT2D eigenvalue weighted by molar-refractivity contribution is -0.0349. The minimum absolute atomic E-state index is 0.414. The molecule has 0 N–H and O–H groups in total. The molecule has 3 rings (SSSR count). The molecule has 86 valence electrons. The summed E-state index contributed by atoms with van der Waals surface area (Å²) in [6.45, 7) is 5.39. The van der Waals surface area contributed by atoms with Crippen molar-refractivity contribution in [1.82, 2.24) is 0 Å². The minimum atomic E-state index is 0.414. The van der Waals surface area contributed by atoms with Crippen molar-refractivity contribution in [2.45, 2.75) is 58.5 Å². The first-order valence-electron chi connectivity index (χ1n) is 6.79. The van der Waals surface area contributed by atoms with Crippen LogP contribution in [0.5, 0.6) is 0 Å². The van der Waals surface area contributed by atoms with E-state index in [1.807, 2.05) is 0 Å². The summed E-state index contributed by atoms with van der Waals surface area (Å²) >= 11 is 0. The molecule has 15 heavy (non-hydrogen) atoms. The third kappa shape index (κ3) is 1.63. The summed E-state index contributed by atoms with van der Waals surface area (Å²) in [4.78, 5) is 0. The molecule has 4 atom stereocenters. The van der Waals surface area contributed by atoms with Gasteiger partial charge in [0.15, 0.2) is 0 Å². The van der Waals surface area contributed by atoms with Crippen LogP contribution in [0.3, 0.4) is 0 Å². The topological polar surface area (TPSA) is 9.23 Å². The molecule has 0 spiro atoms. The van der Waals surface area contributed by atoms with Gasteiger partial charge in [-0.3, -0.25) is 0 Å². The molecule has 0 amide bonds. The number of hydrogen-bond acceptors (Lipinski definition) is 1. The molecule has 3 aliphatic carbocycles. The van der Waals surface area contributed by atoms with E-state index in [2.05, 4.69) is 13.8 Å². The first kappa shape index (κ1) is 10.1. The van der Waals surface area contributed by atoms with E-state index in [1.165, 1.54) is 32.1 Å². The molecule has 3 saturated carbocycles. The van der Waals surface area contributed by atoms with E-state index in [9.17, 15) is 0 Å². The molecule has 0 radical (unpaired) electrons. The zero-order valence-electron chi connectivity index (χ0n) is 10.2. The molecule has 1 heteroatoms. The van der Waals surface area contributed by atoms with E-state index in [-0.39, 0.29) is 0 Å². The van der Waals surface area contributed by atoms with Gasteiger partial charge in [-0.05, 0) is 75.5 Å². The fraction of sp³-hybridized carbons (Fsp3) is 1.00. The Balaban J connectivity index is 1.74. The van der Waals surface area contributed by atoms with Crippen LogP contribution in [0.1, 0.15) is 52.4 Å². The lowest BCUT2D eigenvalue weighted by Gasteiger charge is -2.42. The SMILES string of the molecule is CC(C)OCC12CCC3CC(CC1C3)C2. The summed E-state index contributed by atoms with van der Waals surface area (Å²) in [5.41, 5.74) is 0.613. The van der Waals surface area contributed by atoms with E-state index in [0.29, 0.717) is 11.5 Å². The highest BCUT2D eigenvalue weighted by Crippen LogP contribution is 2.62. The van der Waals surface area contributed by atoms with Gasteiger partial charge in [0, 0.05) is 0 Å². The molecule has 0 saturated heterocycles. The fourth-order valence-electron chi connectivity index (χ4n) is 4.59. The maximum absolute atomic E-state index is 5.95. The maximum Gasteiger partial charge on any atom is 0.0528 e. The van der Waals surface area contributed by atoms with Gasteiger partial charge in [0.2, 0.25) is 0 Å². The van der Waals surface area contributed by atoms with E-state index >= 15 is 0 Å². The van der Waals surface area contributed by atoms with Gasteiger partial charge >= 0.3 is 0 Å². The lowest BCUT2D eigenvalue weighted by atomic mass is 9.65. The van der Waals surface area contributed by atoms with Crippen LogP contribution < -0.4 is 0 Å². The van der Waals surface area contributed by atoms with Crippen LogP contribution in [0, 0.1) is 23.2 Å². The molecule has 3 bridgehead atoms. The number of rotatable bonds is 3. The Morgan fingerprint density at radius 1 is 1.20 bits per heavy atom. The van der Waals surface area contributed by atoms with E-state index in [1.54, 1.807) is 6.42 Å². The Morgan fingerprint density at radius 2 is 2.00 bits per heavy atom. The quantitative estimate of drug-likeness (QED) is 0.688. The Labute approximate surface area is 93.6 Å². The van der Waals surface area contributed by atoms with Crippen molar-refractivity contribution in [1.29, 1.82) is 0 Å². The highest BCUT2D eigenvalue weighted by Gasteiger charge is 2.53. The highest BCUT2D eigenvalue weighted by atomic mass is 16.5. The second-order valence-corrected chi connectivity index (χ2v) is 6.60. The average molecular weight is 208 g/mol. The summed E-state index contributed by atoms with van der Waals surface area (Å²) in [7, 11) is 0. The fourth-order valence-corrected chi connectivity index (χ4v) is 4.59. The normalized spacial score (nSPS) is 47.8. The summed E-state index contributed by atoms with van der Waals surface area (Å²) in [5.74, 6) is 3.17. The average Bonchev–Trinajstić information content (AvgIpc) is 2.35. The van der Waals surface area contributed by atoms with Crippen LogP contribution in [0.25, 0.3) is 0 Å². The predicted molar refractivity (Wildman–Crippen MR) is 61.7 cm³/mol. The summed E-state index contributed by atoms with van der Waals surface area (Å²) in [6.07, 6.45) is 9.45. The highest BCUT2D eigenvalue weighted by molar-refractivity contribution is 5.03. The van der Waals surface area contributed by atoms with Crippen molar-refractivity contribution in [2.75, 3.05) is 6.61 Å². The van der Waals surface area contributed by atoms with E-state index < -0.39 is 0 Å². The van der Waals surface area contributed by atoms with Gasteiger partial charge in [-0.1, -0.05) is 0 Å². The van der Waals surface area contributed by atoms with Crippen molar-refractivity contribution < 1.29 is 4.74 Å². The number of fused-ring (bicyclic) bond motifs is 2. The van der Waals surface area contributed by atoms with Crippen LogP contribution in [0.2, 0.25) is 0 Å². The van der Waals surface area contributed by atoms with Crippen LogP contribution in [0.4, 0.5) is 0 Å². The Bertz CT molecular complexity index is 248. The third-order valence-corrected chi connectivity index (χ3v) is 5.22. The lowest BCUT2D eigenvalue weighted by Crippen LogP contribution is -2.37. The molecule has 3 aliphatic rings. The van der Waals surface area contributed by atoms with Gasteiger partial charge < -0.3 is 4.74 Å². The first-order chi connectivity index (χ1) is 7.18. The molecule has 1 nitrogen and oxygen atoms in total. The monoisotopic (exact) mass is 208 g/mol. The van der Waals surface area contributed by atoms with Crippen molar-refractivity contribution in [3.63, 3.8) is 0 Å². The maximum atomic E-state index is 5.95. The summed E-state index contributed by atoms with van der Waals surface area (Å²) in [5, 5.41) is 0. The minimum Gasteiger partial charge on any atom is -0.378 e. The van der Waals surface area contributed by atoms with Crippen molar-refractivity contribution in [3.05, 3.63) is 0 Å². The molecule has 0 aliphatic heterocycles. The molecule has 0 aromatic heterocycles. The Kier molecular flexibility index (Phi) is 2.35. The Hall–Kier alpha value is -0.0400. The van der Waals surface area contributed by atoms with E-state index in [0.717, 1.165) is 24.4 Å². The molecule has 0 aromatic rings. The number of ether oxygens (including phenoxy) is 1. The molecule has 3 fully saturated rings. The summed E-state index contributed by atoms with van der Waals surface area (Å²) in [6, 6.07) is 0. The van der Waals surface area contributed by atoms with Crippen molar-refractivity contribution in [2.24, 2.45) is 23.2 Å². The first-order valence-corrected chi connectivity index (χ1v) is 6.79. The van der Waals surface area contributed by atoms with Gasteiger partial charge in [0.1, 0.15) is 0 Å². The van der Waals surface area contributed by atoms with Crippen LogP contribution in [0.15, 0.2) is 0 Å². The van der Waals surface area contributed by atoms with Gasteiger partial charge in [-0.25, -0.2) is 0 Å². The largest absolute Gasteiger partial charge is 0.378 e. The molecule has 0 heterocycles. The van der Waals surface area contributed by atoms with Gasteiger partial charge in [0.25, 0.3) is 0 Å². The molecular formula is C14H24O. The second kappa shape index (κ2) is 3.48. The standard InChI is InChI=1S/C14H24O/c1-10(2)15-9-14-4-3-11-5-12(8-14)7-13(14)6-11/h10-13H,3-9H2,1-2H3. The smallest absolute Gasteiger partial charge is 0.0528 e.